The van der Waals surface area contributed by atoms with Crippen molar-refractivity contribution in [3.63, 3.8) is 0 Å². The fourth-order valence-electron chi connectivity index (χ4n) is 2.03. The lowest BCUT2D eigenvalue weighted by Gasteiger charge is -2.06. The Morgan fingerprint density at radius 3 is 2.70 bits per heavy atom. The minimum Gasteiger partial charge on any atom is -0.463 e. The number of hydrogen-bond acceptors (Lipinski definition) is 6. The van der Waals surface area contributed by atoms with Crippen LogP contribution in [0.1, 0.15) is 15.9 Å². The summed E-state index contributed by atoms with van der Waals surface area (Å²) in [6.07, 6.45) is 3.25. The zero-order valence-electron chi connectivity index (χ0n) is 12.1. The molecule has 0 saturated heterocycles. The van der Waals surface area contributed by atoms with Gasteiger partial charge in [-0.15, -0.1) is 0 Å². The van der Waals surface area contributed by atoms with Crippen LogP contribution in [0.3, 0.4) is 0 Å². The third-order valence-corrected chi connectivity index (χ3v) is 3.20. The molecule has 1 aromatic carbocycles. The molecule has 0 fully saturated rings. The highest BCUT2D eigenvalue weighted by molar-refractivity contribution is 5.93. The van der Waals surface area contributed by atoms with Crippen molar-refractivity contribution in [2.45, 2.75) is 6.54 Å². The molecule has 0 saturated carbocycles. The van der Waals surface area contributed by atoms with Crippen LogP contribution in [-0.4, -0.2) is 21.1 Å². The molecule has 1 amide bonds. The first-order valence-electron chi connectivity index (χ1n) is 6.90. The number of nitrogens with zero attached hydrogens (tertiary/aromatic N) is 2. The van der Waals surface area contributed by atoms with Crippen LogP contribution in [-0.2, 0) is 6.54 Å². The number of benzene rings is 1. The first kappa shape index (κ1) is 14.7. The van der Waals surface area contributed by atoms with Gasteiger partial charge in [0.05, 0.1) is 6.26 Å². The molecule has 7 heteroatoms. The lowest BCUT2D eigenvalue weighted by molar-refractivity contribution is 0.0706. The molecular formula is C16H14N4O3. The van der Waals surface area contributed by atoms with Crippen LogP contribution in [0.5, 0.6) is 0 Å². The number of amides is 1. The summed E-state index contributed by atoms with van der Waals surface area (Å²) in [5.74, 6) is 0.616. The average molecular weight is 310 g/mol. The maximum atomic E-state index is 11.2. The predicted molar refractivity (Wildman–Crippen MR) is 82.8 cm³/mol. The molecule has 3 N–H and O–H groups in total. The summed E-state index contributed by atoms with van der Waals surface area (Å²) in [4.78, 5) is 19.8. The number of anilines is 1. The van der Waals surface area contributed by atoms with Crippen molar-refractivity contribution in [2.75, 3.05) is 5.32 Å². The number of rotatable bonds is 5. The Morgan fingerprint density at radius 2 is 2.00 bits per heavy atom. The molecule has 0 bridgehead atoms. The van der Waals surface area contributed by atoms with E-state index >= 15 is 0 Å². The van der Waals surface area contributed by atoms with Crippen molar-refractivity contribution >= 4 is 11.9 Å². The summed E-state index contributed by atoms with van der Waals surface area (Å²) in [5.41, 5.74) is 3.62. The van der Waals surface area contributed by atoms with Crippen molar-refractivity contribution in [3.8, 4) is 11.5 Å². The first-order chi connectivity index (χ1) is 11.3. The molecule has 0 radical (unpaired) electrons. The molecule has 3 rings (SSSR count). The molecule has 0 spiro atoms. The third-order valence-electron chi connectivity index (χ3n) is 3.20. The maximum Gasteiger partial charge on any atom is 0.274 e. The second kappa shape index (κ2) is 6.71. The number of carbonyl (C=O) groups excluding carboxylic acids is 1. The van der Waals surface area contributed by atoms with E-state index in [2.05, 4.69) is 15.3 Å². The van der Waals surface area contributed by atoms with E-state index in [1.807, 2.05) is 6.07 Å². The maximum absolute atomic E-state index is 11.2. The van der Waals surface area contributed by atoms with E-state index in [0.717, 1.165) is 5.56 Å². The monoisotopic (exact) mass is 310 g/mol. The molecular weight excluding hydrogens is 296 g/mol. The number of nitrogens with one attached hydrogen (secondary N) is 2. The van der Waals surface area contributed by atoms with Crippen molar-refractivity contribution in [2.24, 2.45) is 0 Å². The van der Waals surface area contributed by atoms with Crippen LogP contribution < -0.4 is 10.8 Å². The Labute approximate surface area is 132 Å². The first-order valence-corrected chi connectivity index (χ1v) is 6.90. The quantitative estimate of drug-likeness (QED) is 0.494. The molecule has 2 aromatic heterocycles. The molecule has 0 aliphatic carbocycles. The van der Waals surface area contributed by atoms with Crippen LogP contribution in [0.25, 0.3) is 11.5 Å². The van der Waals surface area contributed by atoms with Crippen molar-refractivity contribution in [1.29, 1.82) is 0 Å². The van der Waals surface area contributed by atoms with E-state index < -0.39 is 5.91 Å². The highest BCUT2D eigenvalue weighted by Crippen LogP contribution is 2.18. The number of hydrogen-bond donors (Lipinski definition) is 3. The van der Waals surface area contributed by atoms with Crippen LogP contribution in [0.15, 0.2) is 59.3 Å². The zero-order chi connectivity index (χ0) is 16.1. The molecule has 0 aliphatic rings. The van der Waals surface area contributed by atoms with Gasteiger partial charge in [0.25, 0.3) is 5.91 Å². The van der Waals surface area contributed by atoms with Gasteiger partial charge < -0.3 is 9.73 Å². The zero-order valence-corrected chi connectivity index (χ0v) is 12.1. The molecule has 0 aliphatic heterocycles. The summed E-state index contributed by atoms with van der Waals surface area (Å²) in [6.45, 7) is 0.503. The summed E-state index contributed by atoms with van der Waals surface area (Å²) >= 11 is 0. The van der Waals surface area contributed by atoms with Gasteiger partial charge in [-0.1, -0.05) is 12.1 Å². The Hall–Kier alpha value is -3.19. The highest BCUT2D eigenvalue weighted by atomic mass is 16.5. The SMILES string of the molecule is O=C(NO)c1ccc(CNc2nccc(-c3ccco3)n2)cc1. The lowest BCUT2D eigenvalue weighted by atomic mass is 10.1. The summed E-state index contributed by atoms with van der Waals surface area (Å²) in [7, 11) is 0. The van der Waals surface area contributed by atoms with E-state index in [0.29, 0.717) is 29.5 Å². The highest BCUT2D eigenvalue weighted by Gasteiger charge is 2.06. The van der Waals surface area contributed by atoms with Gasteiger partial charge in [0.2, 0.25) is 5.95 Å². The molecule has 0 atom stereocenters. The fourth-order valence-corrected chi connectivity index (χ4v) is 2.03. The van der Waals surface area contributed by atoms with Gasteiger partial charge >= 0.3 is 0 Å². The van der Waals surface area contributed by atoms with Crippen LogP contribution >= 0.6 is 0 Å². The predicted octanol–water partition coefficient (Wildman–Crippen LogP) is 2.47. The van der Waals surface area contributed by atoms with Crippen molar-refractivity contribution in [1.82, 2.24) is 15.4 Å². The summed E-state index contributed by atoms with van der Waals surface area (Å²) in [5, 5.41) is 11.7. The van der Waals surface area contributed by atoms with E-state index in [-0.39, 0.29) is 0 Å². The van der Waals surface area contributed by atoms with Crippen LogP contribution in [0.4, 0.5) is 5.95 Å². The van der Waals surface area contributed by atoms with Gasteiger partial charge in [-0.05, 0) is 35.9 Å². The number of furan rings is 1. The third kappa shape index (κ3) is 3.53. The second-order valence-electron chi connectivity index (χ2n) is 4.73. The number of hydroxylamine groups is 1. The van der Waals surface area contributed by atoms with Gasteiger partial charge in [0.1, 0.15) is 5.69 Å². The largest absolute Gasteiger partial charge is 0.463 e. The van der Waals surface area contributed by atoms with E-state index in [9.17, 15) is 4.79 Å². The average Bonchev–Trinajstić information content (AvgIpc) is 3.15. The summed E-state index contributed by atoms with van der Waals surface area (Å²) in [6, 6.07) is 12.2. The Morgan fingerprint density at radius 1 is 1.17 bits per heavy atom. The molecule has 0 unspecified atom stereocenters. The van der Waals surface area contributed by atoms with E-state index in [1.54, 1.807) is 54.3 Å². The Bertz CT molecular complexity index is 785. The van der Waals surface area contributed by atoms with Crippen molar-refractivity contribution < 1.29 is 14.4 Å². The number of aromatic nitrogens is 2. The summed E-state index contributed by atoms with van der Waals surface area (Å²) < 4.78 is 5.31. The van der Waals surface area contributed by atoms with Gasteiger partial charge in [-0.25, -0.2) is 15.4 Å². The molecule has 23 heavy (non-hydrogen) atoms. The Kier molecular flexibility index (Phi) is 4.30. The number of carbonyl (C=O) groups is 1. The molecule has 7 nitrogen and oxygen atoms in total. The molecule has 3 aromatic rings. The van der Waals surface area contributed by atoms with Gasteiger partial charge in [-0.3, -0.25) is 10.0 Å². The lowest BCUT2D eigenvalue weighted by Crippen LogP contribution is -2.18. The van der Waals surface area contributed by atoms with Gasteiger partial charge in [0, 0.05) is 18.3 Å². The second-order valence-corrected chi connectivity index (χ2v) is 4.73. The minimum atomic E-state index is -0.543. The van der Waals surface area contributed by atoms with E-state index in [4.69, 9.17) is 9.62 Å². The van der Waals surface area contributed by atoms with Gasteiger partial charge in [-0.2, -0.15) is 0 Å². The van der Waals surface area contributed by atoms with Crippen molar-refractivity contribution in [3.05, 3.63) is 66.1 Å². The normalized spacial score (nSPS) is 10.3. The smallest absolute Gasteiger partial charge is 0.274 e. The minimum absolute atomic E-state index is 0.382. The van der Waals surface area contributed by atoms with Crippen LogP contribution in [0, 0.1) is 0 Å². The van der Waals surface area contributed by atoms with Crippen LogP contribution in [0.2, 0.25) is 0 Å². The van der Waals surface area contributed by atoms with E-state index in [1.165, 1.54) is 0 Å². The molecule has 2 heterocycles. The van der Waals surface area contributed by atoms with Gasteiger partial charge in [0.15, 0.2) is 5.76 Å². The fraction of sp³-hybridized carbons (Fsp3) is 0.0625. The molecule has 116 valence electrons. The topological polar surface area (TPSA) is 100 Å². The standard InChI is InChI=1S/C16H14N4O3/c21-15(20-22)12-5-3-11(4-6-12)10-18-16-17-8-7-13(19-16)14-2-1-9-23-14/h1-9,22H,10H2,(H,20,21)(H,17,18,19). The Balaban J connectivity index is 1.66.